The molecule has 6 heteroatoms. The van der Waals surface area contributed by atoms with Gasteiger partial charge in [0, 0.05) is 26.7 Å². The van der Waals surface area contributed by atoms with Crippen molar-refractivity contribution in [3.05, 3.63) is 48.2 Å². The van der Waals surface area contributed by atoms with Crippen LogP contribution in [0.3, 0.4) is 0 Å². The van der Waals surface area contributed by atoms with E-state index in [1.54, 1.807) is 4.68 Å². The van der Waals surface area contributed by atoms with Gasteiger partial charge in [0.2, 0.25) is 0 Å². The van der Waals surface area contributed by atoms with Crippen molar-refractivity contribution in [1.29, 1.82) is 0 Å². The molecule has 0 aliphatic carbocycles. The molecule has 0 aliphatic heterocycles. The Morgan fingerprint density at radius 2 is 2.20 bits per heavy atom. The van der Waals surface area contributed by atoms with Gasteiger partial charge >= 0.3 is 0 Å². The van der Waals surface area contributed by atoms with E-state index < -0.39 is 0 Å². The van der Waals surface area contributed by atoms with Crippen LogP contribution in [-0.2, 0) is 13.5 Å². The zero-order valence-corrected chi connectivity index (χ0v) is 16.0. The van der Waals surface area contributed by atoms with E-state index >= 15 is 0 Å². The number of hydrogen-bond donors (Lipinski definition) is 1. The largest absolute Gasteiger partial charge is 0.313 e. The number of aromatic nitrogens is 2. The first-order valence-electron chi connectivity index (χ1n) is 6.24. The van der Waals surface area contributed by atoms with Crippen molar-refractivity contribution in [3.8, 4) is 0 Å². The van der Waals surface area contributed by atoms with Gasteiger partial charge in [-0.05, 0) is 66.7 Å². The number of benzene rings is 1. The SMILES string of the molecule is CNC(Cc1c(C)nn(C)c1Cl)c1cc(I)ccc1Br. The van der Waals surface area contributed by atoms with Gasteiger partial charge in [-0.15, -0.1) is 0 Å². The Morgan fingerprint density at radius 1 is 1.50 bits per heavy atom. The smallest absolute Gasteiger partial charge is 0.130 e. The predicted octanol–water partition coefficient (Wildman–Crippen LogP) is 4.25. The van der Waals surface area contributed by atoms with E-state index in [1.165, 1.54) is 9.13 Å². The van der Waals surface area contributed by atoms with Crippen LogP contribution in [0, 0.1) is 10.5 Å². The molecular weight excluding hydrogens is 452 g/mol. The van der Waals surface area contributed by atoms with Gasteiger partial charge in [0.05, 0.1) is 5.69 Å². The summed E-state index contributed by atoms with van der Waals surface area (Å²) in [5.41, 5.74) is 3.32. The lowest BCUT2D eigenvalue weighted by molar-refractivity contribution is 0.588. The minimum atomic E-state index is 0.194. The average molecular weight is 469 g/mol. The van der Waals surface area contributed by atoms with E-state index in [1.807, 2.05) is 21.0 Å². The first-order chi connectivity index (χ1) is 9.43. The van der Waals surface area contributed by atoms with Crippen molar-refractivity contribution >= 4 is 50.1 Å². The second-order valence-electron chi connectivity index (χ2n) is 4.69. The van der Waals surface area contributed by atoms with Crippen molar-refractivity contribution in [2.75, 3.05) is 7.05 Å². The van der Waals surface area contributed by atoms with Crippen molar-refractivity contribution in [2.45, 2.75) is 19.4 Å². The molecule has 2 rings (SSSR count). The first kappa shape index (κ1) is 16.3. The highest BCUT2D eigenvalue weighted by molar-refractivity contribution is 14.1. The zero-order valence-electron chi connectivity index (χ0n) is 11.5. The molecule has 0 fully saturated rings. The maximum Gasteiger partial charge on any atom is 0.130 e. The third-order valence-corrected chi connectivity index (χ3v) is 5.23. The molecule has 20 heavy (non-hydrogen) atoms. The van der Waals surface area contributed by atoms with E-state index in [4.69, 9.17) is 11.6 Å². The number of nitrogens with zero attached hydrogens (tertiary/aromatic N) is 2. The van der Waals surface area contributed by atoms with Crippen LogP contribution in [0.25, 0.3) is 0 Å². The van der Waals surface area contributed by atoms with Crippen LogP contribution >= 0.6 is 50.1 Å². The lowest BCUT2D eigenvalue weighted by Crippen LogP contribution is -2.20. The highest BCUT2D eigenvalue weighted by Gasteiger charge is 2.19. The Bertz CT molecular complexity index is 627. The molecule has 0 saturated heterocycles. The van der Waals surface area contributed by atoms with Gasteiger partial charge in [0.1, 0.15) is 5.15 Å². The zero-order chi connectivity index (χ0) is 14.9. The summed E-state index contributed by atoms with van der Waals surface area (Å²) in [7, 11) is 3.84. The maximum atomic E-state index is 6.33. The molecule has 2 aromatic rings. The summed E-state index contributed by atoms with van der Waals surface area (Å²) in [4.78, 5) is 0. The monoisotopic (exact) mass is 467 g/mol. The van der Waals surface area contributed by atoms with Gasteiger partial charge in [0.15, 0.2) is 0 Å². The van der Waals surface area contributed by atoms with Crippen molar-refractivity contribution in [2.24, 2.45) is 7.05 Å². The number of hydrogen-bond acceptors (Lipinski definition) is 2. The van der Waals surface area contributed by atoms with E-state index in [0.29, 0.717) is 5.15 Å². The van der Waals surface area contributed by atoms with Crippen LogP contribution in [-0.4, -0.2) is 16.8 Å². The Balaban J connectivity index is 2.36. The van der Waals surface area contributed by atoms with Gasteiger partial charge in [-0.1, -0.05) is 27.5 Å². The second kappa shape index (κ2) is 6.77. The summed E-state index contributed by atoms with van der Waals surface area (Å²) in [5.74, 6) is 0. The molecular formula is C14H16BrClIN3. The minimum absolute atomic E-state index is 0.194. The molecule has 1 unspecified atom stereocenters. The van der Waals surface area contributed by atoms with Crippen LogP contribution in [0.1, 0.15) is 22.9 Å². The topological polar surface area (TPSA) is 29.9 Å². The summed E-state index contributed by atoms with van der Waals surface area (Å²) in [5, 5.41) is 8.46. The molecule has 1 N–H and O–H groups in total. The van der Waals surface area contributed by atoms with Crippen LogP contribution < -0.4 is 5.32 Å². The van der Waals surface area contributed by atoms with E-state index in [-0.39, 0.29) is 6.04 Å². The Hall–Kier alpha value is -0.110. The molecule has 0 saturated carbocycles. The average Bonchev–Trinajstić information content (AvgIpc) is 2.65. The first-order valence-corrected chi connectivity index (χ1v) is 8.49. The summed E-state index contributed by atoms with van der Waals surface area (Å²) in [6.07, 6.45) is 0.813. The Labute approximate surface area is 146 Å². The fraction of sp³-hybridized carbons (Fsp3) is 0.357. The predicted molar refractivity (Wildman–Crippen MR) is 95.3 cm³/mol. The molecule has 0 radical (unpaired) electrons. The van der Waals surface area contributed by atoms with Crippen LogP contribution in [0.2, 0.25) is 5.15 Å². The van der Waals surface area contributed by atoms with Gasteiger partial charge in [-0.3, -0.25) is 4.68 Å². The molecule has 1 aromatic carbocycles. The standard InChI is InChI=1S/C14H16BrClIN3/c1-8-10(14(16)20(3)19-8)7-13(18-2)11-6-9(17)4-5-12(11)15/h4-6,13,18H,7H2,1-3H3. The van der Waals surface area contributed by atoms with Crippen LogP contribution in [0.5, 0.6) is 0 Å². The molecule has 1 atom stereocenters. The molecule has 0 bridgehead atoms. The molecule has 1 heterocycles. The van der Waals surface area contributed by atoms with Crippen LogP contribution in [0.4, 0.5) is 0 Å². The molecule has 0 amide bonds. The van der Waals surface area contributed by atoms with Crippen LogP contribution in [0.15, 0.2) is 22.7 Å². The van der Waals surface area contributed by atoms with Crippen molar-refractivity contribution < 1.29 is 0 Å². The van der Waals surface area contributed by atoms with Gasteiger partial charge in [-0.2, -0.15) is 5.10 Å². The molecule has 108 valence electrons. The van der Waals surface area contributed by atoms with Gasteiger partial charge < -0.3 is 5.32 Å². The molecule has 3 nitrogen and oxygen atoms in total. The quantitative estimate of drug-likeness (QED) is 0.680. The minimum Gasteiger partial charge on any atom is -0.313 e. The third-order valence-electron chi connectivity index (χ3n) is 3.36. The molecule has 1 aromatic heterocycles. The normalized spacial score (nSPS) is 12.7. The Morgan fingerprint density at radius 3 is 2.75 bits per heavy atom. The number of likely N-dealkylation sites (N-methyl/N-ethyl adjacent to an activating group) is 1. The summed E-state index contributed by atoms with van der Waals surface area (Å²) in [6, 6.07) is 6.55. The summed E-state index contributed by atoms with van der Waals surface area (Å²) < 4.78 is 4.05. The van der Waals surface area contributed by atoms with E-state index in [0.717, 1.165) is 22.2 Å². The lowest BCUT2D eigenvalue weighted by Gasteiger charge is -2.18. The maximum absolute atomic E-state index is 6.33. The molecule has 0 aliphatic rings. The van der Waals surface area contributed by atoms with Gasteiger partial charge in [-0.25, -0.2) is 0 Å². The van der Waals surface area contributed by atoms with E-state index in [2.05, 4.69) is 67.1 Å². The number of rotatable bonds is 4. The van der Waals surface area contributed by atoms with Crippen molar-refractivity contribution in [1.82, 2.24) is 15.1 Å². The lowest BCUT2D eigenvalue weighted by atomic mass is 9.99. The second-order valence-corrected chi connectivity index (χ2v) is 7.15. The third kappa shape index (κ3) is 3.37. The fourth-order valence-electron chi connectivity index (χ4n) is 2.26. The van der Waals surface area contributed by atoms with E-state index in [9.17, 15) is 0 Å². The fourth-order valence-corrected chi connectivity index (χ4v) is 3.55. The number of aryl methyl sites for hydroxylation is 2. The number of nitrogens with one attached hydrogen (secondary N) is 1. The summed E-state index contributed by atoms with van der Waals surface area (Å²) >= 11 is 12.3. The highest BCUT2D eigenvalue weighted by Crippen LogP contribution is 2.30. The Kier molecular flexibility index (Phi) is 5.50. The highest BCUT2D eigenvalue weighted by atomic mass is 127. The van der Waals surface area contributed by atoms with Crippen molar-refractivity contribution in [3.63, 3.8) is 0 Å². The number of halogens is 3. The summed E-state index contributed by atoms with van der Waals surface area (Å²) in [6.45, 7) is 2.00. The molecule has 0 spiro atoms. The van der Waals surface area contributed by atoms with Gasteiger partial charge in [0.25, 0.3) is 0 Å².